The monoisotopic (exact) mass is 203 g/mol. The first-order valence-electron chi connectivity index (χ1n) is 4.56. The van der Waals surface area contributed by atoms with E-state index in [1.54, 1.807) is 6.92 Å². The van der Waals surface area contributed by atoms with Crippen molar-refractivity contribution in [1.82, 2.24) is 0 Å². The molecule has 0 saturated carbocycles. The van der Waals surface area contributed by atoms with Crippen molar-refractivity contribution in [2.24, 2.45) is 5.73 Å². The van der Waals surface area contributed by atoms with Gasteiger partial charge in [0.25, 0.3) is 0 Å². The van der Waals surface area contributed by atoms with Crippen LogP contribution in [0.5, 0.6) is 0 Å². The Morgan fingerprint density at radius 2 is 1.79 bits per heavy atom. The lowest BCUT2D eigenvalue weighted by Gasteiger charge is -2.03. The Hall–Kier alpha value is -0.940. The van der Waals surface area contributed by atoms with Gasteiger partial charge in [-0.3, -0.25) is 4.79 Å². The molecule has 1 amide bonds. The Morgan fingerprint density at radius 1 is 1.14 bits per heavy atom. The number of ketones is 1. The summed E-state index contributed by atoms with van der Waals surface area (Å²) in [6, 6.07) is 0. The molecule has 0 radical (unpaired) electrons. The summed E-state index contributed by atoms with van der Waals surface area (Å²) < 4.78 is 9.99. The number of hydrogen-bond donors (Lipinski definition) is 1. The van der Waals surface area contributed by atoms with Crippen LogP contribution in [0.4, 0.5) is 0 Å². The Morgan fingerprint density at radius 3 is 2.36 bits per heavy atom. The van der Waals surface area contributed by atoms with Crippen LogP contribution in [-0.4, -0.2) is 38.1 Å². The number of ether oxygens (including phenoxy) is 2. The molecule has 0 aromatic rings. The van der Waals surface area contributed by atoms with E-state index in [0.29, 0.717) is 26.2 Å². The Labute approximate surface area is 83.5 Å². The van der Waals surface area contributed by atoms with Crippen molar-refractivity contribution in [3.05, 3.63) is 0 Å². The third-order valence-electron chi connectivity index (χ3n) is 1.43. The number of rotatable bonds is 9. The molecule has 14 heavy (non-hydrogen) atoms. The number of carbonyl (C=O) groups excluding carboxylic acids is 2. The molecule has 0 atom stereocenters. The molecular formula is C9H17NO4. The predicted molar refractivity (Wildman–Crippen MR) is 50.7 cm³/mol. The van der Waals surface area contributed by atoms with E-state index in [4.69, 9.17) is 15.2 Å². The van der Waals surface area contributed by atoms with Gasteiger partial charge in [0, 0.05) is 13.0 Å². The minimum Gasteiger partial charge on any atom is -0.379 e. The topological polar surface area (TPSA) is 78.6 Å². The first-order valence-corrected chi connectivity index (χ1v) is 4.56. The van der Waals surface area contributed by atoms with Crippen LogP contribution in [0.3, 0.4) is 0 Å². The van der Waals surface area contributed by atoms with Gasteiger partial charge in [-0.15, -0.1) is 0 Å². The van der Waals surface area contributed by atoms with Gasteiger partial charge in [0.2, 0.25) is 5.91 Å². The molecule has 0 fully saturated rings. The normalized spacial score (nSPS) is 10.1. The fourth-order valence-corrected chi connectivity index (χ4v) is 0.816. The quantitative estimate of drug-likeness (QED) is 0.530. The summed E-state index contributed by atoms with van der Waals surface area (Å²) in [6.07, 6.45) is 1.27. The van der Waals surface area contributed by atoms with E-state index < -0.39 is 5.91 Å². The van der Waals surface area contributed by atoms with Gasteiger partial charge in [0.15, 0.2) is 0 Å². The summed E-state index contributed by atoms with van der Waals surface area (Å²) in [5.41, 5.74) is 4.85. The van der Waals surface area contributed by atoms with Crippen LogP contribution in [0, 0.1) is 0 Å². The van der Waals surface area contributed by atoms with Gasteiger partial charge in [-0.1, -0.05) is 0 Å². The van der Waals surface area contributed by atoms with E-state index >= 15 is 0 Å². The van der Waals surface area contributed by atoms with Crippen molar-refractivity contribution in [3.8, 4) is 0 Å². The number of nitrogens with two attached hydrogens (primary N) is 1. The Bertz CT molecular complexity index is 162. The smallest absolute Gasteiger partial charge is 0.243 e. The zero-order valence-electron chi connectivity index (χ0n) is 8.45. The maximum absolute atomic E-state index is 10.5. The summed E-state index contributed by atoms with van der Waals surface area (Å²) in [5.74, 6) is -0.319. The first kappa shape index (κ1) is 13.1. The molecule has 0 heterocycles. The summed E-state index contributed by atoms with van der Waals surface area (Å²) >= 11 is 0. The average Bonchev–Trinajstić information content (AvgIpc) is 2.08. The third kappa shape index (κ3) is 11.1. The van der Waals surface area contributed by atoms with Crippen LogP contribution in [0.15, 0.2) is 0 Å². The van der Waals surface area contributed by atoms with Gasteiger partial charge in [-0.2, -0.15) is 0 Å². The largest absolute Gasteiger partial charge is 0.379 e. The molecule has 0 aromatic carbocycles. The molecule has 0 aliphatic rings. The lowest BCUT2D eigenvalue weighted by Crippen LogP contribution is -2.19. The lowest BCUT2D eigenvalue weighted by atomic mass is 10.2. The summed E-state index contributed by atoms with van der Waals surface area (Å²) in [6.45, 7) is 2.79. The van der Waals surface area contributed by atoms with Crippen LogP contribution in [0.1, 0.15) is 19.8 Å². The Kier molecular flexibility index (Phi) is 8.07. The van der Waals surface area contributed by atoms with E-state index in [-0.39, 0.29) is 12.4 Å². The number of hydrogen-bond acceptors (Lipinski definition) is 4. The molecule has 0 spiro atoms. The summed E-state index contributed by atoms with van der Waals surface area (Å²) in [5, 5.41) is 0. The SMILES string of the molecule is CC(=O)CCCOCCOCC(N)=O. The molecule has 5 heteroatoms. The van der Waals surface area contributed by atoms with E-state index in [0.717, 1.165) is 6.42 Å². The van der Waals surface area contributed by atoms with E-state index in [1.807, 2.05) is 0 Å². The minimum atomic E-state index is -0.485. The second-order valence-electron chi connectivity index (χ2n) is 2.94. The molecule has 0 bridgehead atoms. The van der Waals surface area contributed by atoms with Gasteiger partial charge in [-0.05, 0) is 13.3 Å². The minimum absolute atomic E-state index is 0.0726. The summed E-state index contributed by atoms with van der Waals surface area (Å²) in [4.78, 5) is 20.8. The molecule has 0 rings (SSSR count). The van der Waals surface area contributed by atoms with Gasteiger partial charge in [-0.25, -0.2) is 0 Å². The molecule has 2 N–H and O–H groups in total. The van der Waals surface area contributed by atoms with Crippen molar-refractivity contribution < 1.29 is 19.1 Å². The van der Waals surface area contributed by atoms with Crippen LogP contribution >= 0.6 is 0 Å². The van der Waals surface area contributed by atoms with Crippen LogP contribution in [-0.2, 0) is 19.1 Å². The van der Waals surface area contributed by atoms with Crippen molar-refractivity contribution in [3.63, 3.8) is 0 Å². The highest BCUT2D eigenvalue weighted by molar-refractivity contribution is 5.75. The highest BCUT2D eigenvalue weighted by Crippen LogP contribution is 1.91. The van der Waals surface area contributed by atoms with Gasteiger partial charge < -0.3 is 20.0 Å². The average molecular weight is 203 g/mol. The van der Waals surface area contributed by atoms with E-state index in [2.05, 4.69) is 0 Å². The van der Waals surface area contributed by atoms with Crippen LogP contribution in [0.25, 0.3) is 0 Å². The van der Waals surface area contributed by atoms with Crippen molar-refractivity contribution in [1.29, 1.82) is 0 Å². The molecule has 82 valence electrons. The van der Waals surface area contributed by atoms with E-state index in [1.165, 1.54) is 0 Å². The highest BCUT2D eigenvalue weighted by atomic mass is 16.5. The van der Waals surface area contributed by atoms with E-state index in [9.17, 15) is 9.59 Å². The first-order chi connectivity index (χ1) is 6.63. The number of Topliss-reactive ketones (excluding diaryl/α,β-unsaturated/α-hetero) is 1. The van der Waals surface area contributed by atoms with Gasteiger partial charge in [0.1, 0.15) is 12.4 Å². The fraction of sp³-hybridized carbons (Fsp3) is 0.778. The highest BCUT2D eigenvalue weighted by Gasteiger charge is 1.95. The maximum atomic E-state index is 10.5. The van der Waals surface area contributed by atoms with Gasteiger partial charge in [0.05, 0.1) is 13.2 Å². The zero-order valence-corrected chi connectivity index (χ0v) is 8.45. The lowest BCUT2D eigenvalue weighted by molar-refractivity contribution is -0.123. The predicted octanol–water partition coefficient (Wildman–Crippen LogP) is -0.126. The molecule has 5 nitrogen and oxygen atoms in total. The zero-order chi connectivity index (χ0) is 10.8. The number of primary amides is 1. The van der Waals surface area contributed by atoms with Crippen molar-refractivity contribution >= 4 is 11.7 Å². The second kappa shape index (κ2) is 8.65. The maximum Gasteiger partial charge on any atom is 0.243 e. The Balaban J connectivity index is 2.99. The van der Waals surface area contributed by atoms with Crippen molar-refractivity contribution in [2.75, 3.05) is 26.4 Å². The second-order valence-corrected chi connectivity index (χ2v) is 2.94. The van der Waals surface area contributed by atoms with Crippen LogP contribution in [0.2, 0.25) is 0 Å². The molecule has 0 unspecified atom stereocenters. The molecule has 0 aliphatic heterocycles. The molecule has 0 aliphatic carbocycles. The number of carbonyl (C=O) groups is 2. The van der Waals surface area contributed by atoms with Crippen LogP contribution < -0.4 is 5.73 Å². The van der Waals surface area contributed by atoms with Gasteiger partial charge >= 0.3 is 0 Å². The summed E-state index contributed by atoms with van der Waals surface area (Å²) in [7, 11) is 0. The molecule has 0 saturated heterocycles. The molecule has 0 aromatic heterocycles. The standard InChI is InChI=1S/C9H17NO4/c1-8(11)3-2-4-13-5-6-14-7-9(10)12/h2-7H2,1H3,(H2,10,12). The molecular weight excluding hydrogens is 186 g/mol. The number of amides is 1. The fourth-order valence-electron chi connectivity index (χ4n) is 0.816. The third-order valence-corrected chi connectivity index (χ3v) is 1.43. The van der Waals surface area contributed by atoms with Crippen molar-refractivity contribution in [2.45, 2.75) is 19.8 Å².